The standard InChI is InChI=1S/C15H25N3/c1-2-12-5-3-6-13(9-12)18-11-16-10-15(18)14-7-4-8-17-14/h10-14,17H,2-9H2,1H3/t12?,13?,14-/m0/s1. The lowest BCUT2D eigenvalue weighted by molar-refractivity contribution is 0.255. The minimum Gasteiger partial charge on any atom is -0.330 e. The Morgan fingerprint density at radius 1 is 1.33 bits per heavy atom. The first-order valence-corrected chi connectivity index (χ1v) is 7.63. The zero-order valence-corrected chi connectivity index (χ0v) is 11.4. The van der Waals surface area contributed by atoms with Crippen molar-refractivity contribution in [2.24, 2.45) is 5.92 Å². The van der Waals surface area contributed by atoms with E-state index >= 15 is 0 Å². The lowest BCUT2D eigenvalue weighted by atomic mass is 9.84. The first-order valence-electron chi connectivity index (χ1n) is 7.63. The summed E-state index contributed by atoms with van der Waals surface area (Å²) in [6, 6.07) is 1.25. The second-order valence-electron chi connectivity index (χ2n) is 5.97. The van der Waals surface area contributed by atoms with Gasteiger partial charge in [0.05, 0.1) is 12.0 Å². The normalized spacial score (nSPS) is 32.8. The van der Waals surface area contributed by atoms with Crippen molar-refractivity contribution in [2.45, 2.75) is 64.0 Å². The smallest absolute Gasteiger partial charge is 0.0951 e. The molecule has 2 aliphatic rings. The van der Waals surface area contributed by atoms with Crippen LogP contribution in [0.2, 0.25) is 0 Å². The SMILES string of the molecule is CCC1CCCC(n2cncc2[C@@H]2CCCN2)C1. The summed E-state index contributed by atoms with van der Waals surface area (Å²) < 4.78 is 2.48. The van der Waals surface area contributed by atoms with Gasteiger partial charge in [0.2, 0.25) is 0 Å². The summed E-state index contributed by atoms with van der Waals surface area (Å²) in [6.45, 7) is 3.50. The Balaban J connectivity index is 1.77. The van der Waals surface area contributed by atoms with Crippen LogP contribution in [0.4, 0.5) is 0 Å². The molecule has 0 radical (unpaired) electrons. The lowest BCUT2D eigenvalue weighted by Crippen LogP contribution is -2.23. The molecule has 1 aromatic heterocycles. The molecule has 2 heterocycles. The molecule has 1 saturated carbocycles. The van der Waals surface area contributed by atoms with Crippen LogP contribution in [0.3, 0.4) is 0 Å². The highest BCUT2D eigenvalue weighted by atomic mass is 15.1. The molecule has 3 heteroatoms. The molecule has 0 bridgehead atoms. The van der Waals surface area contributed by atoms with Crippen molar-refractivity contribution in [1.82, 2.24) is 14.9 Å². The van der Waals surface area contributed by atoms with E-state index in [0.717, 1.165) is 12.5 Å². The first kappa shape index (κ1) is 12.2. The largest absolute Gasteiger partial charge is 0.330 e. The molecule has 2 unspecified atom stereocenters. The monoisotopic (exact) mass is 247 g/mol. The van der Waals surface area contributed by atoms with E-state index in [4.69, 9.17) is 0 Å². The predicted octanol–water partition coefficient (Wildman–Crippen LogP) is 3.45. The molecule has 0 aromatic carbocycles. The summed E-state index contributed by atoms with van der Waals surface area (Å²) in [4.78, 5) is 4.42. The average Bonchev–Trinajstić information content (AvgIpc) is 3.09. The Kier molecular flexibility index (Phi) is 3.69. The summed E-state index contributed by atoms with van der Waals surface area (Å²) in [7, 11) is 0. The lowest BCUT2D eigenvalue weighted by Gasteiger charge is -2.31. The van der Waals surface area contributed by atoms with E-state index in [2.05, 4.69) is 34.3 Å². The minimum absolute atomic E-state index is 0.550. The fraction of sp³-hybridized carbons (Fsp3) is 0.800. The van der Waals surface area contributed by atoms with Gasteiger partial charge in [0.1, 0.15) is 0 Å². The molecule has 1 aromatic rings. The highest BCUT2D eigenvalue weighted by Crippen LogP contribution is 2.36. The van der Waals surface area contributed by atoms with Crippen molar-refractivity contribution in [2.75, 3.05) is 6.54 Å². The number of hydrogen-bond acceptors (Lipinski definition) is 2. The van der Waals surface area contributed by atoms with Gasteiger partial charge < -0.3 is 9.88 Å². The van der Waals surface area contributed by atoms with Gasteiger partial charge in [0.25, 0.3) is 0 Å². The maximum atomic E-state index is 4.42. The number of aromatic nitrogens is 2. The quantitative estimate of drug-likeness (QED) is 0.886. The Hall–Kier alpha value is -0.830. The maximum absolute atomic E-state index is 4.42. The number of imidazole rings is 1. The molecule has 3 atom stereocenters. The molecule has 1 aliphatic heterocycles. The third kappa shape index (κ3) is 2.33. The van der Waals surface area contributed by atoms with Crippen LogP contribution >= 0.6 is 0 Å². The van der Waals surface area contributed by atoms with Crippen molar-refractivity contribution in [3.05, 3.63) is 18.2 Å². The number of rotatable bonds is 3. The van der Waals surface area contributed by atoms with Gasteiger partial charge in [0, 0.05) is 18.3 Å². The zero-order chi connectivity index (χ0) is 12.4. The number of nitrogens with zero attached hydrogens (tertiary/aromatic N) is 2. The third-order valence-electron chi connectivity index (χ3n) is 4.84. The number of hydrogen-bond donors (Lipinski definition) is 1. The van der Waals surface area contributed by atoms with Crippen molar-refractivity contribution < 1.29 is 0 Å². The van der Waals surface area contributed by atoms with Crippen molar-refractivity contribution in [3.8, 4) is 0 Å². The highest BCUT2D eigenvalue weighted by molar-refractivity contribution is 5.09. The molecule has 1 aliphatic carbocycles. The molecular formula is C15H25N3. The molecule has 1 saturated heterocycles. The summed E-state index contributed by atoms with van der Waals surface area (Å²) in [5.41, 5.74) is 1.43. The van der Waals surface area contributed by atoms with Gasteiger partial charge >= 0.3 is 0 Å². The second kappa shape index (κ2) is 5.43. The van der Waals surface area contributed by atoms with Gasteiger partial charge in [-0.15, -0.1) is 0 Å². The molecular weight excluding hydrogens is 222 g/mol. The third-order valence-corrected chi connectivity index (χ3v) is 4.84. The van der Waals surface area contributed by atoms with Crippen LogP contribution in [0.1, 0.15) is 69.6 Å². The molecule has 3 nitrogen and oxygen atoms in total. The van der Waals surface area contributed by atoms with Crippen LogP contribution in [0, 0.1) is 5.92 Å². The highest BCUT2D eigenvalue weighted by Gasteiger charge is 2.26. The summed E-state index contributed by atoms with van der Waals surface area (Å²) >= 11 is 0. The molecule has 0 spiro atoms. The van der Waals surface area contributed by atoms with Crippen LogP contribution < -0.4 is 5.32 Å². The van der Waals surface area contributed by atoms with E-state index in [1.54, 1.807) is 0 Å². The Morgan fingerprint density at radius 3 is 3.06 bits per heavy atom. The van der Waals surface area contributed by atoms with Crippen LogP contribution in [-0.4, -0.2) is 16.1 Å². The fourth-order valence-corrected chi connectivity index (χ4v) is 3.71. The van der Waals surface area contributed by atoms with Crippen LogP contribution in [0.25, 0.3) is 0 Å². The van der Waals surface area contributed by atoms with E-state index in [9.17, 15) is 0 Å². The molecule has 3 rings (SSSR count). The van der Waals surface area contributed by atoms with Gasteiger partial charge in [-0.2, -0.15) is 0 Å². The Labute approximate surface area is 110 Å². The second-order valence-corrected chi connectivity index (χ2v) is 5.97. The van der Waals surface area contributed by atoms with E-state index in [1.165, 1.54) is 50.6 Å². The van der Waals surface area contributed by atoms with E-state index < -0.39 is 0 Å². The van der Waals surface area contributed by atoms with Gasteiger partial charge in [-0.3, -0.25) is 0 Å². The summed E-state index contributed by atoms with van der Waals surface area (Å²) in [6.07, 6.45) is 13.6. The van der Waals surface area contributed by atoms with Crippen molar-refractivity contribution in [3.63, 3.8) is 0 Å². The first-order chi connectivity index (χ1) is 8.88. The van der Waals surface area contributed by atoms with Crippen LogP contribution in [0.5, 0.6) is 0 Å². The Morgan fingerprint density at radius 2 is 2.28 bits per heavy atom. The molecule has 100 valence electrons. The van der Waals surface area contributed by atoms with Crippen molar-refractivity contribution in [1.29, 1.82) is 0 Å². The van der Waals surface area contributed by atoms with Gasteiger partial charge in [0.15, 0.2) is 0 Å². The topological polar surface area (TPSA) is 29.9 Å². The molecule has 2 fully saturated rings. The van der Waals surface area contributed by atoms with E-state index in [0.29, 0.717) is 12.1 Å². The van der Waals surface area contributed by atoms with Crippen LogP contribution in [-0.2, 0) is 0 Å². The average molecular weight is 247 g/mol. The fourth-order valence-electron chi connectivity index (χ4n) is 3.71. The maximum Gasteiger partial charge on any atom is 0.0951 e. The molecule has 0 amide bonds. The zero-order valence-electron chi connectivity index (χ0n) is 11.4. The summed E-state index contributed by atoms with van der Waals surface area (Å²) in [5.74, 6) is 0.926. The van der Waals surface area contributed by atoms with Gasteiger partial charge in [-0.1, -0.05) is 26.2 Å². The van der Waals surface area contributed by atoms with E-state index in [1.807, 2.05) is 0 Å². The van der Waals surface area contributed by atoms with Gasteiger partial charge in [-0.05, 0) is 38.1 Å². The predicted molar refractivity (Wildman–Crippen MR) is 73.5 cm³/mol. The number of nitrogens with one attached hydrogen (secondary N) is 1. The van der Waals surface area contributed by atoms with Gasteiger partial charge in [-0.25, -0.2) is 4.98 Å². The molecule has 18 heavy (non-hydrogen) atoms. The minimum atomic E-state index is 0.550. The molecule has 1 N–H and O–H groups in total. The Bertz CT molecular complexity index is 379. The van der Waals surface area contributed by atoms with Crippen molar-refractivity contribution >= 4 is 0 Å². The van der Waals surface area contributed by atoms with E-state index in [-0.39, 0.29) is 0 Å². The summed E-state index contributed by atoms with van der Waals surface area (Å²) in [5, 5.41) is 3.60. The van der Waals surface area contributed by atoms with Crippen LogP contribution in [0.15, 0.2) is 12.5 Å².